The van der Waals surface area contributed by atoms with Gasteiger partial charge in [0.1, 0.15) is 5.69 Å². The number of hydrogen-bond donors (Lipinski definition) is 0. The zero-order chi connectivity index (χ0) is 14.8. The van der Waals surface area contributed by atoms with E-state index in [4.69, 9.17) is 4.74 Å². The molecule has 0 bridgehead atoms. The third-order valence-electron chi connectivity index (χ3n) is 3.69. The van der Waals surface area contributed by atoms with Crippen LogP contribution in [0.15, 0.2) is 24.5 Å². The lowest BCUT2D eigenvalue weighted by molar-refractivity contribution is 0.0673. The molecule has 1 aliphatic rings. The molecular weight excluding hydrogens is 270 g/mol. The Morgan fingerprint density at radius 2 is 2.19 bits per heavy atom. The van der Waals surface area contributed by atoms with Crippen LogP contribution in [0.25, 0.3) is 0 Å². The molecule has 1 amide bonds. The van der Waals surface area contributed by atoms with Gasteiger partial charge < -0.3 is 9.64 Å². The Morgan fingerprint density at radius 1 is 1.43 bits per heavy atom. The smallest absolute Gasteiger partial charge is 0.254 e. The molecule has 0 fully saturated rings. The first kappa shape index (κ1) is 13.7. The van der Waals surface area contributed by atoms with Crippen molar-refractivity contribution in [3.63, 3.8) is 0 Å². The quantitative estimate of drug-likeness (QED) is 0.826. The average molecular weight is 287 g/mol. The Balaban J connectivity index is 1.88. The minimum atomic E-state index is -0.0187. The van der Waals surface area contributed by atoms with Crippen LogP contribution in [-0.2, 0) is 18.3 Å². The van der Waals surface area contributed by atoms with E-state index in [1.807, 2.05) is 7.05 Å². The fourth-order valence-electron chi connectivity index (χ4n) is 2.78. The van der Waals surface area contributed by atoms with Crippen molar-refractivity contribution >= 4 is 5.91 Å². The van der Waals surface area contributed by atoms with Gasteiger partial charge in [0.15, 0.2) is 0 Å². The molecule has 0 radical (unpaired) electrons. The highest BCUT2D eigenvalue weighted by molar-refractivity contribution is 5.94. The maximum Gasteiger partial charge on any atom is 0.254 e. The molecule has 0 N–H and O–H groups in total. The third-order valence-corrected chi connectivity index (χ3v) is 3.69. The van der Waals surface area contributed by atoms with Crippen molar-refractivity contribution in [2.24, 2.45) is 7.05 Å². The number of aromatic nitrogens is 4. The summed E-state index contributed by atoms with van der Waals surface area (Å²) in [7, 11) is 3.53. The Morgan fingerprint density at radius 3 is 2.90 bits per heavy atom. The number of nitrogens with zero attached hydrogens (tertiary/aromatic N) is 5. The Bertz CT molecular complexity index is 640. The lowest BCUT2D eigenvalue weighted by Gasteiger charge is -2.32. The Hall–Kier alpha value is -2.28. The van der Waals surface area contributed by atoms with Gasteiger partial charge in [0.05, 0.1) is 18.8 Å². The average Bonchev–Trinajstić information content (AvgIpc) is 2.89. The lowest BCUT2D eigenvalue weighted by Crippen LogP contribution is -2.40. The zero-order valence-corrected chi connectivity index (χ0v) is 12.1. The van der Waals surface area contributed by atoms with E-state index in [2.05, 4.69) is 15.3 Å². The molecule has 0 aliphatic carbocycles. The van der Waals surface area contributed by atoms with Crippen LogP contribution in [0.3, 0.4) is 0 Å². The van der Waals surface area contributed by atoms with Crippen molar-refractivity contribution in [1.29, 1.82) is 0 Å². The summed E-state index contributed by atoms with van der Waals surface area (Å²) in [6.45, 7) is 1.61. The van der Waals surface area contributed by atoms with E-state index in [9.17, 15) is 4.79 Å². The summed E-state index contributed by atoms with van der Waals surface area (Å²) in [5, 5.41) is 8.23. The van der Waals surface area contributed by atoms with Gasteiger partial charge in [-0.1, -0.05) is 5.21 Å². The van der Waals surface area contributed by atoms with Crippen LogP contribution < -0.4 is 0 Å². The molecule has 2 aromatic heterocycles. The van der Waals surface area contributed by atoms with Crippen LogP contribution in [0.2, 0.25) is 0 Å². The normalized spacial score (nSPS) is 17.6. The van der Waals surface area contributed by atoms with Gasteiger partial charge >= 0.3 is 0 Å². The predicted octanol–water partition coefficient (Wildman–Crippen LogP) is 0.596. The third kappa shape index (κ3) is 2.52. The van der Waals surface area contributed by atoms with E-state index in [1.54, 1.807) is 41.2 Å². The number of rotatable bonds is 3. The van der Waals surface area contributed by atoms with Crippen LogP contribution in [-0.4, -0.2) is 51.0 Å². The first-order valence-corrected chi connectivity index (χ1v) is 6.77. The van der Waals surface area contributed by atoms with E-state index in [-0.39, 0.29) is 11.8 Å². The molecule has 0 saturated heterocycles. The van der Waals surface area contributed by atoms with Gasteiger partial charge in [0.2, 0.25) is 0 Å². The van der Waals surface area contributed by atoms with Crippen LogP contribution >= 0.6 is 0 Å². The molecular formula is C14H17N5O2. The van der Waals surface area contributed by atoms with Gasteiger partial charge in [-0.3, -0.25) is 14.5 Å². The van der Waals surface area contributed by atoms with Crippen molar-refractivity contribution in [2.75, 3.05) is 20.3 Å². The SMILES string of the molecule is COC[C@@H]1CN(C(=O)c2ccncc2)Cc2nnn(C)c21. The number of fused-ring (bicyclic) bond motifs is 1. The minimum absolute atomic E-state index is 0.0187. The summed E-state index contributed by atoms with van der Waals surface area (Å²) in [5.74, 6) is 0.0688. The second kappa shape index (κ2) is 5.61. The summed E-state index contributed by atoms with van der Waals surface area (Å²) >= 11 is 0. The van der Waals surface area contributed by atoms with Crippen molar-refractivity contribution in [3.8, 4) is 0 Å². The molecule has 0 saturated carbocycles. The predicted molar refractivity (Wildman–Crippen MR) is 74.6 cm³/mol. The van der Waals surface area contributed by atoms with Crippen molar-refractivity contribution in [1.82, 2.24) is 24.9 Å². The number of pyridine rings is 1. The highest BCUT2D eigenvalue weighted by atomic mass is 16.5. The molecule has 0 unspecified atom stereocenters. The van der Waals surface area contributed by atoms with Gasteiger partial charge in [-0.2, -0.15) is 0 Å². The van der Waals surface area contributed by atoms with Gasteiger partial charge in [0.25, 0.3) is 5.91 Å². The Kier molecular flexibility index (Phi) is 3.66. The first-order chi connectivity index (χ1) is 10.2. The summed E-state index contributed by atoms with van der Waals surface area (Å²) in [4.78, 5) is 18.3. The molecule has 1 aliphatic heterocycles. The molecule has 7 heteroatoms. The molecule has 1 atom stereocenters. The summed E-state index contributed by atoms with van der Waals surface area (Å²) in [6.07, 6.45) is 3.25. The number of carbonyl (C=O) groups is 1. The van der Waals surface area contributed by atoms with Crippen molar-refractivity contribution in [3.05, 3.63) is 41.5 Å². The molecule has 21 heavy (non-hydrogen) atoms. The van der Waals surface area contributed by atoms with E-state index < -0.39 is 0 Å². The highest BCUT2D eigenvalue weighted by Crippen LogP contribution is 2.27. The molecule has 2 aromatic rings. The number of amides is 1. The zero-order valence-electron chi connectivity index (χ0n) is 12.1. The van der Waals surface area contributed by atoms with Crippen LogP contribution in [0.5, 0.6) is 0 Å². The van der Waals surface area contributed by atoms with Gasteiger partial charge in [-0.25, -0.2) is 0 Å². The van der Waals surface area contributed by atoms with E-state index in [0.717, 1.165) is 11.4 Å². The fraction of sp³-hybridized carbons (Fsp3) is 0.429. The molecule has 0 spiro atoms. The Labute approximate surface area is 122 Å². The van der Waals surface area contributed by atoms with Gasteiger partial charge in [-0.15, -0.1) is 5.10 Å². The number of carbonyl (C=O) groups excluding carboxylic acids is 1. The second-order valence-corrected chi connectivity index (χ2v) is 5.12. The topological polar surface area (TPSA) is 73.1 Å². The maximum absolute atomic E-state index is 12.6. The van der Waals surface area contributed by atoms with Gasteiger partial charge in [-0.05, 0) is 12.1 Å². The minimum Gasteiger partial charge on any atom is -0.384 e. The molecule has 110 valence electrons. The van der Waals surface area contributed by atoms with E-state index >= 15 is 0 Å². The van der Waals surface area contributed by atoms with Crippen molar-refractivity contribution in [2.45, 2.75) is 12.5 Å². The molecule has 7 nitrogen and oxygen atoms in total. The van der Waals surface area contributed by atoms with E-state index in [0.29, 0.717) is 25.3 Å². The fourth-order valence-corrected chi connectivity index (χ4v) is 2.78. The summed E-state index contributed by atoms with van der Waals surface area (Å²) in [5.41, 5.74) is 2.53. The summed E-state index contributed by atoms with van der Waals surface area (Å²) in [6, 6.07) is 3.44. The molecule has 3 heterocycles. The molecule has 0 aromatic carbocycles. The van der Waals surface area contributed by atoms with E-state index in [1.165, 1.54) is 0 Å². The van der Waals surface area contributed by atoms with Gasteiger partial charge in [0, 0.05) is 44.6 Å². The monoisotopic (exact) mass is 287 g/mol. The molecule has 3 rings (SSSR count). The van der Waals surface area contributed by atoms with Crippen molar-refractivity contribution < 1.29 is 9.53 Å². The van der Waals surface area contributed by atoms with Crippen LogP contribution in [0.4, 0.5) is 0 Å². The highest BCUT2D eigenvalue weighted by Gasteiger charge is 2.32. The lowest BCUT2D eigenvalue weighted by atomic mass is 9.98. The largest absolute Gasteiger partial charge is 0.384 e. The maximum atomic E-state index is 12.6. The number of aryl methyl sites for hydroxylation is 1. The number of hydrogen-bond acceptors (Lipinski definition) is 5. The number of ether oxygens (including phenoxy) is 1. The summed E-state index contributed by atoms with van der Waals surface area (Å²) < 4.78 is 7.05. The number of methoxy groups -OCH3 is 1. The van der Waals surface area contributed by atoms with Crippen LogP contribution in [0, 0.1) is 0 Å². The second-order valence-electron chi connectivity index (χ2n) is 5.12. The standard InChI is InChI=1S/C14H17N5O2/c1-18-13-11(9-21-2)7-19(8-12(13)16-17-18)14(20)10-3-5-15-6-4-10/h3-6,11H,7-9H2,1-2H3/t11-/m0/s1. The van der Waals surface area contributed by atoms with Crippen LogP contribution in [0.1, 0.15) is 27.7 Å². The first-order valence-electron chi connectivity index (χ1n) is 6.77.